The van der Waals surface area contributed by atoms with Crippen molar-refractivity contribution in [1.29, 1.82) is 0 Å². The molecule has 2 aliphatic heterocycles. The van der Waals surface area contributed by atoms with Crippen molar-refractivity contribution in [2.24, 2.45) is 4.99 Å². The standard InChI is InChI=1S/C23H24ClFN4O5S/c1-33-23(32)19-17(12-29-7-8-34-14(11-29)3-5-18(30)31)27-21(22-26-6-9-35-22)28-20(19)15-4-2-13(25)10-16(15)24/h2,4,6,9-10,14,20H,3,5,7-8,11-12H2,1H3,(H,27,28)(H,30,31)/t14-,20+/m0/s1. The maximum absolute atomic E-state index is 13.8. The molecule has 0 saturated carbocycles. The van der Waals surface area contributed by atoms with E-state index in [-0.39, 0.29) is 23.1 Å². The highest BCUT2D eigenvalue weighted by molar-refractivity contribution is 7.11. The molecule has 2 aromatic rings. The van der Waals surface area contributed by atoms with E-state index in [9.17, 15) is 14.0 Å². The first-order valence-electron chi connectivity index (χ1n) is 10.9. The quantitative estimate of drug-likeness (QED) is 0.509. The molecule has 2 N–H and O–H groups in total. The number of nitrogens with zero attached hydrogens (tertiary/aromatic N) is 3. The maximum atomic E-state index is 13.8. The molecule has 1 aromatic carbocycles. The number of thiazole rings is 1. The minimum absolute atomic E-state index is 0.0128. The summed E-state index contributed by atoms with van der Waals surface area (Å²) in [4.78, 5) is 35.1. The van der Waals surface area contributed by atoms with E-state index in [1.165, 1.54) is 36.6 Å². The van der Waals surface area contributed by atoms with Crippen molar-refractivity contribution in [3.05, 3.63) is 62.5 Å². The van der Waals surface area contributed by atoms with Gasteiger partial charge in [0.1, 0.15) is 11.9 Å². The largest absolute Gasteiger partial charge is 0.481 e. The lowest BCUT2D eigenvalue weighted by Gasteiger charge is -2.35. The molecule has 1 aromatic heterocycles. The summed E-state index contributed by atoms with van der Waals surface area (Å²) in [5.74, 6) is -1.50. The van der Waals surface area contributed by atoms with Gasteiger partial charge in [-0.2, -0.15) is 0 Å². The number of carbonyl (C=O) groups excluding carboxylic acids is 1. The Kier molecular flexibility index (Phi) is 8.11. The molecular weight excluding hydrogens is 499 g/mol. The van der Waals surface area contributed by atoms with E-state index in [0.29, 0.717) is 54.8 Å². The molecule has 4 rings (SSSR count). The second kappa shape index (κ2) is 11.3. The van der Waals surface area contributed by atoms with Gasteiger partial charge in [-0.1, -0.05) is 17.7 Å². The number of aliphatic carboxylic acids is 1. The Bertz CT molecular complexity index is 1160. The van der Waals surface area contributed by atoms with E-state index in [2.05, 4.69) is 15.2 Å². The molecule has 2 atom stereocenters. The number of morpholine rings is 1. The minimum atomic E-state index is -0.876. The normalized spacial score (nSPS) is 20.8. The molecule has 186 valence electrons. The summed E-state index contributed by atoms with van der Waals surface area (Å²) in [6.07, 6.45) is 1.82. The highest BCUT2D eigenvalue weighted by Crippen LogP contribution is 2.37. The number of aliphatic imine (C=N–C) groups is 1. The minimum Gasteiger partial charge on any atom is -0.481 e. The van der Waals surface area contributed by atoms with Gasteiger partial charge in [0.2, 0.25) is 0 Å². The number of carboxylic acid groups (broad SMARTS) is 1. The number of aromatic nitrogens is 1. The highest BCUT2D eigenvalue weighted by atomic mass is 35.5. The highest BCUT2D eigenvalue weighted by Gasteiger charge is 2.35. The lowest BCUT2D eigenvalue weighted by atomic mass is 9.95. The van der Waals surface area contributed by atoms with Gasteiger partial charge in [0, 0.05) is 53.9 Å². The molecule has 2 aliphatic rings. The van der Waals surface area contributed by atoms with E-state index in [1.807, 2.05) is 5.38 Å². The summed E-state index contributed by atoms with van der Waals surface area (Å²) < 4.78 is 24.6. The Morgan fingerprint density at radius 3 is 2.94 bits per heavy atom. The Balaban J connectivity index is 1.70. The number of esters is 1. The summed E-state index contributed by atoms with van der Waals surface area (Å²) in [5.41, 5.74) is 1.28. The van der Waals surface area contributed by atoms with Crippen molar-refractivity contribution in [3.63, 3.8) is 0 Å². The molecule has 1 saturated heterocycles. The second-order valence-electron chi connectivity index (χ2n) is 8.05. The number of hydrogen-bond donors (Lipinski definition) is 2. The summed E-state index contributed by atoms with van der Waals surface area (Å²) in [6.45, 7) is 1.86. The third-order valence-corrected chi connectivity index (χ3v) is 6.82. The van der Waals surface area contributed by atoms with E-state index in [1.54, 1.807) is 6.20 Å². The predicted molar refractivity (Wildman–Crippen MR) is 128 cm³/mol. The van der Waals surface area contributed by atoms with Crippen LogP contribution in [-0.2, 0) is 19.1 Å². The van der Waals surface area contributed by atoms with Crippen LogP contribution in [0.1, 0.15) is 29.5 Å². The van der Waals surface area contributed by atoms with Crippen LogP contribution < -0.4 is 5.32 Å². The van der Waals surface area contributed by atoms with Gasteiger partial charge in [-0.3, -0.25) is 14.7 Å². The van der Waals surface area contributed by atoms with E-state index < -0.39 is 23.8 Å². The molecular formula is C23H24ClFN4O5S. The Morgan fingerprint density at radius 2 is 2.26 bits per heavy atom. The molecule has 9 nitrogen and oxygen atoms in total. The number of hydrogen-bond acceptors (Lipinski definition) is 9. The zero-order chi connectivity index (χ0) is 24.9. The maximum Gasteiger partial charge on any atom is 0.338 e. The van der Waals surface area contributed by atoms with Crippen LogP contribution in [0.15, 0.2) is 46.0 Å². The average Bonchev–Trinajstić information content (AvgIpc) is 3.37. The first-order valence-corrected chi connectivity index (χ1v) is 12.2. The molecule has 0 bridgehead atoms. The summed E-state index contributed by atoms with van der Waals surface area (Å²) in [5, 5.41) is 14.8. The van der Waals surface area contributed by atoms with Crippen LogP contribution >= 0.6 is 22.9 Å². The molecule has 0 unspecified atom stereocenters. The SMILES string of the molecule is COC(=O)C1=C(CN2CCO[C@@H](CCC(=O)O)C2)NC(c2nccs2)=N[C@@H]1c1ccc(F)cc1Cl. The fourth-order valence-electron chi connectivity index (χ4n) is 4.07. The van der Waals surface area contributed by atoms with Gasteiger partial charge >= 0.3 is 11.9 Å². The molecule has 3 heterocycles. The smallest absolute Gasteiger partial charge is 0.338 e. The predicted octanol–water partition coefficient (Wildman–Crippen LogP) is 3.02. The third-order valence-electron chi connectivity index (χ3n) is 5.71. The van der Waals surface area contributed by atoms with Crippen LogP contribution in [0.3, 0.4) is 0 Å². The molecule has 0 amide bonds. The lowest BCUT2D eigenvalue weighted by molar-refractivity contribution is -0.138. The van der Waals surface area contributed by atoms with Gasteiger partial charge < -0.3 is 19.9 Å². The molecule has 1 fully saturated rings. The number of ether oxygens (including phenoxy) is 2. The van der Waals surface area contributed by atoms with Crippen LogP contribution in [0.2, 0.25) is 5.02 Å². The van der Waals surface area contributed by atoms with Gasteiger partial charge in [0.25, 0.3) is 0 Å². The number of nitrogens with one attached hydrogen (secondary N) is 1. The first-order chi connectivity index (χ1) is 16.9. The van der Waals surface area contributed by atoms with E-state index in [4.69, 9.17) is 31.2 Å². The summed E-state index contributed by atoms with van der Waals surface area (Å²) in [7, 11) is 1.28. The fraction of sp³-hybridized carbons (Fsp3) is 0.391. The van der Waals surface area contributed by atoms with Crippen LogP contribution in [-0.4, -0.2) is 72.2 Å². The Labute approximate surface area is 210 Å². The van der Waals surface area contributed by atoms with Crippen molar-refractivity contribution in [2.75, 3.05) is 33.4 Å². The fourth-order valence-corrected chi connectivity index (χ4v) is 4.93. The van der Waals surface area contributed by atoms with E-state index >= 15 is 0 Å². The average molecular weight is 523 g/mol. The number of methoxy groups -OCH3 is 1. The number of amidine groups is 1. The van der Waals surface area contributed by atoms with Gasteiger partial charge in [-0.05, 0) is 18.6 Å². The second-order valence-corrected chi connectivity index (χ2v) is 9.35. The van der Waals surface area contributed by atoms with Crippen molar-refractivity contribution < 1.29 is 28.6 Å². The van der Waals surface area contributed by atoms with Gasteiger partial charge in [-0.25, -0.2) is 14.2 Å². The van der Waals surface area contributed by atoms with Crippen molar-refractivity contribution in [2.45, 2.75) is 25.0 Å². The van der Waals surface area contributed by atoms with Crippen molar-refractivity contribution in [1.82, 2.24) is 15.2 Å². The van der Waals surface area contributed by atoms with Gasteiger partial charge in [0.15, 0.2) is 10.8 Å². The molecule has 12 heteroatoms. The van der Waals surface area contributed by atoms with Crippen LogP contribution in [0.5, 0.6) is 0 Å². The number of benzene rings is 1. The van der Waals surface area contributed by atoms with Crippen LogP contribution in [0.4, 0.5) is 4.39 Å². The van der Waals surface area contributed by atoms with Crippen molar-refractivity contribution in [3.8, 4) is 0 Å². The zero-order valence-corrected chi connectivity index (χ0v) is 20.4. The van der Waals surface area contributed by atoms with Crippen molar-refractivity contribution >= 4 is 40.7 Å². The third kappa shape index (κ3) is 6.04. The van der Waals surface area contributed by atoms with Crippen LogP contribution in [0, 0.1) is 5.82 Å². The number of carbonyl (C=O) groups is 2. The number of carboxylic acids is 1. The number of halogens is 2. The summed E-state index contributed by atoms with van der Waals surface area (Å²) >= 11 is 7.76. The summed E-state index contributed by atoms with van der Waals surface area (Å²) in [6, 6.07) is 3.12. The lowest BCUT2D eigenvalue weighted by Crippen LogP contribution is -2.46. The molecule has 0 aliphatic carbocycles. The topological polar surface area (TPSA) is 113 Å². The Morgan fingerprint density at radius 1 is 1.43 bits per heavy atom. The van der Waals surface area contributed by atoms with Crippen LogP contribution in [0.25, 0.3) is 0 Å². The van der Waals surface area contributed by atoms with Gasteiger partial charge in [0.05, 0.1) is 25.4 Å². The van der Waals surface area contributed by atoms with E-state index in [0.717, 1.165) is 0 Å². The number of rotatable bonds is 8. The molecule has 0 spiro atoms. The first kappa shape index (κ1) is 25.2. The monoisotopic (exact) mass is 522 g/mol. The van der Waals surface area contributed by atoms with Gasteiger partial charge in [-0.15, -0.1) is 11.3 Å². The molecule has 35 heavy (non-hydrogen) atoms. The molecule has 0 radical (unpaired) electrons. The zero-order valence-electron chi connectivity index (χ0n) is 18.9. The Hall–Kier alpha value is -2.86.